The van der Waals surface area contributed by atoms with Crippen LogP contribution < -0.4 is 5.32 Å². The average Bonchev–Trinajstić information content (AvgIpc) is 2.90. The number of halogens is 1. The van der Waals surface area contributed by atoms with E-state index in [-0.39, 0.29) is 17.7 Å². The summed E-state index contributed by atoms with van der Waals surface area (Å²) in [7, 11) is 0. The van der Waals surface area contributed by atoms with Crippen LogP contribution in [0.2, 0.25) is 5.02 Å². The van der Waals surface area contributed by atoms with Gasteiger partial charge in [0.05, 0.1) is 5.92 Å². The van der Waals surface area contributed by atoms with Crippen molar-refractivity contribution in [2.45, 2.75) is 44.6 Å². The van der Waals surface area contributed by atoms with E-state index in [2.05, 4.69) is 5.32 Å². The molecule has 0 bridgehead atoms. The fourth-order valence-corrected chi connectivity index (χ4v) is 3.65. The summed E-state index contributed by atoms with van der Waals surface area (Å²) < 4.78 is 0. The van der Waals surface area contributed by atoms with Crippen LogP contribution in [0.3, 0.4) is 0 Å². The van der Waals surface area contributed by atoms with E-state index < -0.39 is 0 Å². The minimum atomic E-state index is -0.256. The van der Waals surface area contributed by atoms with Gasteiger partial charge in [0.25, 0.3) is 0 Å². The molecule has 5 heteroatoms. The van der Waals surface area contributed by atoms with Crippen molar-refractivity contribution < 1.29 is 9.59 Å². The molecular formula is C17H21ClN2O2. The Labute approximate surface area is 135 Å². The van der Waals surface area contributed by atoms with Gasteiger partial charge in [-0.2, -0.15) is 0 Å². The predicted octanol–water partition coefficient (Wildman–Crippen LogP) is 3.46. The zero-order chi connectivity index (χ0) is 15.5. The fourth-order valence-electron chi connectivity index (χ4n) is 3.46. The van der Waals surface area contributed by atoms with Crippen molar-refractivity contribution in [2.75, 3.05) is 11.9 Å². The second-order valence-electron chi connectivity index (χ2n) is 6.24. The molecule has 1 aromatic rings. The lowest BCUT2D eigenvalue weighted by Gasteiger charge is -2.31. The van der Waals surface area contributed by atoms with E-state index >= 15 is 0 Å². The molecule has 4 nitrogen and oxygen atoms in total. The molecule has 1 N–H and O–H groups in total. The number of nitrogens with zero attached hydrogens (tertiary/aromatic N) is 1. The molecule has 118 valence electrons. The maximum atomic E-state index is 12.4. The number of likely N-dealkylation sites (tertiary alicyclic amines) is 1. The Morgan fingerprint density at radius 3 is 2.73 bits per heavy atom. The molecule has 2 aliphatic rings. The fraction of sp³-hybridized carbons (Fsp3) is 0.529. The SMILES string of the molecule is O=C(Nc1cccc(Cl)c1)[C@H]1CC(=O)N(C2CCCCC2)C1. The molecule has 2 fully saturated rings. The summed E-state index contributed by atoms with van der Waals surface area (Å²) in [6.45, 7) is 0.551. The van der Waals surface area contributed by atoms with Gasteiger partial charge in [-0.05, 0) is 31.0 Å². The molecule has 0 aromatic heterocycles. The molecule has 1 saturated carbocycles. The minimum absolute atomic E-state index is 0.0890. The summed E-state index contributed by atoms with van der Waals surface area (Å²) in [5.41, 5.74) is 0.682. The maximum absolute atomic E-state index is 12.4. The van der Waals surface area contributed by atoms with Gasteiger partial charge in [-0.1, -0.05) is 36.9 Å². The average molecular weight is 321 g/mol. The molecule has 1 aliphatic carbocycles. The Morgan fingerprint density at radius 2 is 2.00 bits per heavy atom. The Bertz CT molecular complexity index is 570. The number of carbonyl (C=O) groups excluding carboxylic acids is 2. The number of rotatable bonds is 3. The topological polar surface area (TPSA) is 49.4 Å². The second-order valence-corrected chi connectivity index (χ2v) is 6.68. The Balaban J connectivity index is 1.61. The van der Waals surface area contributed by atoms with Gasteiger partial charge in [-0.25, -0.2) is 0 Å². The highest BCUT2D eigenvalue weighted by Gasteiger charge is 2.38. The van der Waals surface area contributed by atoms with Crippen molar-refractivity contribution in [2.24, 2.45) is 5.92 Å². The van der Waals surface area contributed by atoms with Crippen LogP contribution in [0.15, 0.2) is 24.3 Å². The lowest BCUT2D eigenvalue weighted by Crippen LogP contribution is -2.38. The van der Waals surface area contributed by atoms with Gasteiger partial charge >= 0.3 is 0 Å². The van der Waals surface area contributed by atoms with E-state index in [1.54, 1.807) is 24.3 Å². The van der Waals surface area contributed by atoms with Crippen molar-refractivity contribution in [3.05, 3.63) is 29.3 Å². The first-order valence-corrected chi connectivity index (χ1v) is 8.37. The number of hydrogen-bond donors (Lipinski definition) is 1. The molecule has 3 rings (SSSR count). The van der Waals surface area contributed by atoms with Crippen LogP contribution in [0.5, 0.6) is 0 Å². The number of amides is 2. The molecule has 1 saturated heterocycles. The molecule has 22 heavy (non-hydrogen) atoms. The lowest BCUT2D eigenvalue weighted by atomic mass is 9.94. The summed E-state index contributed by atoms with van der Waals surface area (Å²) in [5.74, 6) is -0.222. The van der Waals surface area contributed by atoms with Crippen molar-refractivity contribution >= 4 is 29.1 Å². The third-order valence-corrected chi connectivity index (χ3v) is 4.87. The van der Waals surface area contributed by atoms with E-state index in [0.29, 0.717) is 29.7 Å². The molecule has 1 aromatic carbocycles. The van der Waals surface area contributed by atoms with Crippen LogP contribution in [0, 0.1) is 5.92 Å². The van der Waals surface area contributed by atoms with E-state index in [0.717, 1.165) is 12.8 Å². The third-order valence-electron chi connectivity index (χ3n) is 4.64. The van der Waals surface area contributed by atoms with E-state index in [1.807, 2.05) is 4.90 Å². The standard InChI is InChI=1S/C17H21ClN2O2/c18-13-5-4-6-14(10-13)19-17(22)12-9-16(21)20(11-12)15-7-2-1-3-8-15/h4-6,10,12,15H,1-3,7-9,11H2,(H,19,22)/t12-/m0/s1. The van der Waals surface area contributed by atoms with Gasteiger partial charge in [0.1, 0.15) is 0 Å². The molecule has 1 aliphatic heterocycles. The van der Waals surface area contributed by atoms with Crippen LogP contribution in [-0.4, -0.2) is 29.3 Å². The summed E-state index contributed by atoms with van der Waals surface area (Å²) in [5, 5.41) is 3.45. The molecular weight excluding hydrogens is 300 g/mol. The van der Waals surface area contributed by atoms with Crippen molar-refractivity contribution in [1.82, 2.24) is 4.90 Å². The first kappa shape index (κ1) is 15.3. The van der Waals surface area contributed by atoms with Crippen LogP contribution in [-0.2, 0) is 9.59 Å². The summed E-state index contributed by atoms with van der Waals surface area (Å²) in [4.78, 5) is 26.5. The summed E-state index contributed by atoms with van der Waals surface area (Å²) >= 11 is 5.92. The van der Waals surface area contributed by atoms with Crippen LogP contribution in [0.4, 0.5) is 5.69 Å². The molecule has 2 amide bonds. The van der Waals surface area contributed by atoms with Crippen LogP contribution in [0.25, 0.3) is 0 Å². The number of benzene rings is 1. The smallest absolute Gasteiger partial charge is 0.229 e. The van der Waals surface area contributed by atoms with Crippen molar-refractivity contribution in [1.29, 1.82) is 0 Å². The van der Waals surface area contributed by atoms with E-state index in [9.17, 15) is 9.59 Å². The molecule has 1 heterocycles. The maximum Gasteiger partial charge on any atom is 0.229 e. The molecule has 1 atom stereocenters. The predicted molar refractivity (Wildman–Crippen MR) is 86.8 cm³/mol. The second kappa shape index (κ2) is 6.69. The van der Waals surface area contributed by atoms with E-state index in [1.165, 1.54) is 19.3 Å². The summed E-state index contributed by atoms with van der Waals surface area (Å²) in [6.07, 6.45) is 6.12. The first-order chi connectivity index (χ1) is 10.6. The van der Waals surface area contributed by atoms with Crippen molar-refractivity contribution in [3.63, 3.8) is 0 Å². The number of nitrogens with one attached hydrogen (secondary N) is 1. The normalized spacial score (nSPS) is 22.9. The molecule has 0 spiro atoms. The Hall–Kier alpha value is -1.55. The molecule has 0 unspecified atom stereocenters. The lowest BCUT2D eigenvalue weighted by molar-refractivity contribution is -0.130. The zero-order valence-electron chi connectivity index (χ0n) is 12.6. The van der Waals surface area contributed by atoms with Crippen LogP contribution in [0.1, 0.15) is 38.5 Å². The van der Waals surface area contributed by atoms with E-state index in [4.69, 9.17) is 11.6 Å². The minimum Gasteiger partial charge on any atom is -0.339 e. The van der Waals surface area contributed by atoms with Gasteiger partial charge in [-0.3, -0.25) is 9.59 Å². The number of anilines is 1. The van der Waals surface area contributed by atoms with Gasteiger partial charge in [0, 0.05) is 29.7 Å². The Morgan fingerprint density at radius 1 is 1.23 bits per heavy atom. The van der Waals surface area contributed by atoms with Gasteiger partial charge in [0.15, 0.2) is 0 Å². The highest BCUT2D eigenvalue weighted by Crippen LogP contribution is 2.29. The number of carbonyl (C=O) groups is 2. The molecule has 0 radical (unpaired) electrons. The Kier molecular flexibility index (Phi) is 4.67. The largest absolute Gasteiger partial charge is 0.339 e. The quantitative estimate of drug-likeness (QED) is 0.927. The monoisotopic (exact) mass is 320 g/mol. The zero-order valence-corrected chi connectivity index (χ0v) is 13.3. The van der Waals surface area contributed by atoms with Crippen molar-refractivity contribution in [3.8, 4) is 0 Å². The van der Waals surface area contributed by atoms with Gasteiger partial charge in [0.2, 0.25) is 11.8 Å². The first-order valence-electron chi connectivity index (χ1n) is 7.99. The van der Waals surface area contributed by atoms with Crippen LogP contribution >= 0.6 is 11.6 Å². The van der Waals surface area contributed by atoms with Gasteiger partial charge < -0.3 is 10.2 Å². The highest BCUT2D eigenvalue weighted by molar-refractivity contribution is 6.30. The highest BCUT2D eigenvalue weighted by atomic mass is 35.5. The summed E-state index contributed by atoms with van der Waals surface area (Å²) in [6, 6.07) is 7.42. The third kappa shape index (κ3) is 3.43. The van der Waals surface area contributed by atoms with Gasteiger partial charge in [-0.15, -0.1) is 0 Å². The number of hydrogen-bond acceptors (Lipinski definition) is 2.